The first-order valence-electron chi connectivity index (χ1n) is 8.09. The van der Waals surface area contributed by atoms with E-state index in [1.165, 1.54) is 24.2 Å². The number of rotatable bonds is 4. The van der Waals surface area contributed by atoms with Gasteiger partial charge in [0.2, 0.25) is 0 Å². The summed E-state index contributed by atoms with van der Waals surface area (Å²) in [4.78, 5) is 4.82. The number of nitrogens with zero attached hydrogens (tertiary/aromatic N) is 2. The first kappa shape index (κ1) is 14.6. The van der Waals surface area contributed by atoms with Crippen molar-refractivity contribution in [2.75, 3.05) is 6.54 Å². The first-order chi connectivity index (χ1) is 9.94. The van der Waals surface area contributed by atoms with Gasteiger partial charge < -0.3 is 9.88 Å². The highest BCUT2D eigenvalue weighted by Gasteiger charge is 2.32. The van der Waals surface area contributed by atoms with Gasteiger partial charge in [-0.1, -0.05) is 12.1 Å². The van der Waals surface area contributed by atoms with Gasteiger partial charge in [0.15, 0.2) is 0 Å². The summed E-state index contributed by atoms with van der Waals surface area (Å²) in [6.07, 6.45) is 3.82. The van der Waals surface area contributed by atoms with Crippen LogP contribution >= 0.6 is 0 Å². The summed E-state index contributed by atoms with van der Waals surface area (Å²) in [7, 11) is 2.14. The summed E-state index contributed by atoms with van der Waals surface area (Å²) in [5, 5.41) is 3.65. The number of hydrogen-bond donors (Lipinski definition) is 1. The van der Waals surface area contributed by atoms with Gasteiger partial charge in [-0.3, -0.25) is 0 Å². The SMILES string of the molecule is Cn1c(CC2CCC2CNC(C)(C)C)nc2ccccc21. The number of benzene rings is 1. The fourth-order valence-corrected chi connectivity index (χ4v) is 3.23. The predicted octanol–water partition coefficient (Wildman–Crippen LogP) is 3.53. The molecule has 0 amide bonds. The summed E-state index contributed by atoms with van der Waals surface area (Å²) in [5.41, 5.74) is 2.59. The first-order valence-corrected chi connectivity index (χ1v) is 8.09. The van der Waals surface area contributed by atoms with Crippen molar-refractivity contribution in [3.63, 3.8) is 0 Å². The maximum Gasteiger partial charge on any atom is 0.109 e. The van der Waals surface area contributed by atoms with E-state index < -0.39 is 0 Å². The Labute approximate surface area is 127 Å². The van der Waals surface area contributed by atoms with Crippen molar-refractivity contribution >= 4 is 11.0 Å². The topological polar surface area (TPSA) is 29.9 Å². The highest BCUT2D eigenvalue weighted by atomic mass is 15.1. The highest BCUT2D eigenvalue weighted by molar-refractivity contribution is 5.75. The molecule has 21 heavy (non-hydrogen) atoms. The molecule has 0 bridgehead atoms. The molecule has 1 heterocycles. The van der Waals surface area contributed by atoms with Crippen LogP contribution < -0.4 is 5.32 Å². The van der Waals surface area contributed by atoms with Crippen LogP contribution in [0.4, 0.5) is 0 Å². The number of nitrogens with one attached hydrogen (secondary N) is 1. The van der Waals surface area contributed by atoms with E-state index >= 15 is 0 Å². The van der Waals surface area contributed by atoms with E-state index in [1.54, 1.807) is 0 Å². The largest absolute Gasteiger partial charge is 0.331 e. The maximum absolute atomic E-state index is 4.82. The average molecular weight is 285 g/mol. The molecule has 1 aliphatic rings. The van der Waals surface area contributed by atoms with Crippen LogP contribution in [0, 0.1) is 11.8 Å². The molecule has 2 atom stereocenters. The molecule has 0 aliphatic heterocycles. The Morgan fingerprint density at radius 3 is 2.52 bits per heavy atom. The lowest BCUT2D eigenvalue weighted by Crippen LogP contribution is -2.44. The second-order valence-electron chi connectivity index (χ2n) is 7.51. The van der Waals surface area contributed by atoms with Crippen LogP contribution in [-0.4, -0.2) is 21.6 Å². The third-order valence-electron chi connectivity index (χ3n) is 4.79. The van der Waals surface area contributed by atoms with Crippen LogP contribution in [0.1, 0.15) is 39.4 Å². The summed E-state index contributed by atoms with van der Waals surface area (Å²) >= 11 is 0. The normalized spacial score (nSPS) is 22.5. The Bertz CT molecular complexity index is 621. The molecule has 0 radical (unpaired) electrons. The van der Waals surface area contributed by atoms with Crippen molar-refractivity contribution < 1.29 is 0 Å². The third kappa shape index (κ3) is 3.13. The fraction of sp³-hybridized carbons (Fsp3) is 0.611. The van der Waals surface area contributed by atoms with Crippen LogP contribution in [0.25, 0.3) is 11.0 Å². The van der Waals surface area contributed by atoms with E-state index in [2.05, 4.69) is 62.0 Å². The number of aromatic nitrogens is 2. The minimum absolute atomic E-state index is 0.220. The molecule has 114 valence electrons. The highest BCUT2D eigenvalue weighted by Crippen LogP contribution is 2.36. The summed E-state index contributed by atoms with van der Waals surface area (Å²) in [5.74, 6) is 2.83. The lowest BCUT2D eigenvalue weighted by Gasteiger charge is -2.38. The van der Waals surface area contributed by atoms with E-state index in [9.17, 15) is 0 Å². The zero-order valence-corrected chi connectivity index (χ0v) is 13.7. The van der Waals surface area contributed by atoms with E-state index in [1.807, 2.05) is 0 Å². The molecule has 1 fully saturated rings. The van der Waals surface area contributed by atoms with Gasteiger partial charge in [0.1, 0.15) is 5.82 Å². The molecular weight excluding hydrogens is 258 g/mol. The van der Waals surface area contributed by atoms with E-state index in [0.717, 1.165) is 30.3 Å². The van der Waals surface area contributed by atoms with Gasteiger partial charge >= 0.3 is 0 Å². The van der Waals surface area contributed by atoms with Crippen molar-refractivity contribution in [2.24, 2.45) is 18.9 Å². The molecule has 0 saturated heterocycles. The molecule has 1 saturated carbocycles. The van der Waals surface area contributed by atoms with Crippen LogP contribution in [0.2, 0.25) is 0 Å². The zero-order valence-electron chi connectivity index (χ0n) is 13.7. The molecule has 3 nitrogen and oxygen atoms in total. The quantitative estimate of drug-likeness (QED) is 0.931. The van der Waals surface area contributed by atoms with Gasteiger partial charge in [0.05, 0.1) is 11.0 Å². The Balaban J connectivity index is 1.67. The average Bonchev–Trinajstić information content (AvgIpc) is 2.71. The summed E-state index contributed by atoms with van der Waals surface area (Å²) in [6, 6.07) is 8.43. The minimum Gasteiger partial charge on any atom is -0.331 e. The minimum atomic E-state index is 0.220. The van der Waals surface area contributed by atoms with Gasteiger partial charge in [-0.2, -0.15) is 0 Å². The molecule has 1 aliphatic carbocycles. The second-order valence-corrected chi connectivity index (χ2v) is 7.51. The summed E-state index contributed by atoms with van der Waals surface area (Å²) < 4.78 is 2.27. The molecule has 1 N–H and O–H groups in total. The maximum atomic E-state index is 4.82. The molecule has 2 aromatic rings. The zero-order chi connectivity index (χ0) is 15.0. The smallest absolute Gasteiger partial charge is 0.109 e. The van der Waals surface area contributed by atoms with Gasteiger partial charge in [-0.05, 0) is 64.1 Å². The third-order valence-corrected chi connectivity index (χ3v) is 4.79. The van der Waals surface area contributed by atoms with Crippen LogP contribution in [-0.2, 0) is 13.5 Å². The van der Waals surface area contributed by atoms with Crippen molar-refractivity contribution in [2.45, 2.75) is 45.6 Å². The predicted molar refractivity (Wildman–Crippen MR) is 88.4 cm³/mol. The summed E-state index contributed by atoms with van der Waals surface area (Å²) in [6.45, 7) is 7.86. The monoisotopic (exact) mass is 285 g/mol. The fourth-order valence-electron chi connectivity index (χ4n) is 3.23. The number of imidazole rings is 1. The Hall–Kier alpha value is -1.35. The Kier molecular flexibility index (Phi) is 3.78. The lowest BCUT2D eigenvalue weighted by atomic mass is 9.71. The number of para-hydroxylation sites is 2. The van der Waals surface area contributed by atoms with Gasteiger partial charge in [-0.15, -0.1) is 0 Å². The Morgan fingerprint density at radius 2 is 1.90 bits per heavy atom. The van der Waals surface area contributed by atoms with Gasteiger partial charge in [-0.25, -0.2) is 4.98 Å². The molecule has 1 aromatic carbocycles. The van der Waals surface area contributed by atoms with Gasteiger partial charge in [0.25, 0.3) is 0 Å². The Morgan fingerprint density at radius 1 is 1.19 bits per heavy atom. The van der Waals surface area contributed by atoms with Crippen molar-refractivity contribution in [1.29, 1.82) is 0 Å². The van der Waals surface area contributed by atoms with Crippen molar-refractivity contribution in [3.05, 3.63) is 30.1 Å². The number of hydrogen-bond acceptors (Lipinski definition) is 2. The van der Waals surface area contributed by atoms with Crippen LogP contribution in [0.15, 0.2) is 24.3 Å². The number of fused-ring (bicyclic) bond motifs is 1. The van der Waals surface area contributed by atoms with E-state index in [4.69, 9.17) is 4.98 Å². The van der Waals surface area contributed by atoms with Gasteiger partial charge in [0, 0.05) is 19.0 Å². The van der Waals surface area contributed by atoms with E-state index in [-0.39, 0.29) is 5.54 Å². The second kappa shape index (κ2) is 5.45. The van der Waals surface area contributed by atoms with E-state index in [0.29, 0.717) is 0 Å². The van der Waals surface area contributed by atoms with Crippen LogP contribution in [0.3, 0.4) is 0 Å². The molecule has 1 aromatic heterocycles. The van der Waals surface area contributed by atoms with Crippen molar-refractivity contribution in [1.82, 2.24) is 14.9 Å². The molecule has 3 rings (SSSR count). The molecule has 3 heteroatoms. The standard InChI is InChI=1S/C18H27N3/c1-18(2,3)19-12-14-10-9-13(14)11-17-20-15-7-5-6-8-16(15)21(17)4/h5-8,13-14,19H,9-12H2,1-4H3. The van der Waals surface area contributed by atoms with Crippen molar-refractivity contribution in [3.8, 4) is 0 Å². The molecule has 0 spiro atoms. The molecular formula is C18H27N3. The van der Waals surface area contributed by atoms with Crippen LogP contribution in [0.5, 0.6) is 0 Å². The lowest BCUT2D eigenvalue weighted by molar-refractivity contribution is 0.156. The molecule has 2 unspecified atom stereocenters. The number of aryl methyl sites for hydroxylation is 1.